The van der Waals surface area contributed by atoms with E-state index in [-0.39, 0.29) is 17.8 Å². The number of rotatable bonds is 5. The van der Waals surface area contributed by atoms with E-state index in [2.05, 4.69) is 10.3 Å². The van der Waals surface area contributed by atoms with Crippen molar-refractivity contribution in [1.29, 1.82) is 0 Å². The standard InChI is InChI=1S/C12H15N3O5/c1-7-9(4-8(5-13-7)15(19)20)10(16)14-6-12(2,3)11(17)18/h4-5H,6H2,1-3H3,(H,14,16)(H,17,18). The molecular weight excluding hydrogens is 266 g/mol. The molecule has 0 aliphatic rings. The Labute approximate surface area is 115 Å². The molecule has 1 aromatic rings. The van der Waals surface area contributed by atoms with Crippen LogP contribution in [0.4, 0.5) is 5.69 Å². The van der Waals surface area contributed by atoms with Gasteiger partial charge in [0.2, 0.25) is 0 Å². The maximum absolute atomic E-state index is 11.9. The Hall–Kier alpha value is -2.51. The van der Waals surface area contributed by atoms with E-state index in [1.165, 1.54) is 13.8 Å². The number of carbonyl (C=O) groups is 2. The first-order chi connectivity index (χ1) is 9.15. The molecule has 0 aromatic carbocycles. The Balaban J connectivity index is 2.90. The SMILES string of the molecule is Cc1ncc([N+](=O)[O-])cc1C(=O)NCC(C)(C)C(=O)O. The number of carboxylic acids is 1. The normalized spacial score (nSPS) is 10.9. The number of aliphatic carboxylic acids is 1. The lowest BCUT2D eigenvalue weighted by molar-refractivity contribution is -0.385. The number of pyridine rings is 1. The fourth-order valence-corrected chi connectivity index (χ4v) is 1.32. The van der Waals surface area contributed by atoms with Gasteiger partial charge >= 0.3 is 5.97 Å². The summed E-state index contributed by atoms with van der Waals surface area (Å²) in [6, 6.07) is 1.12. The average molecular weight is 281 g/mol. The third-order valence-corrected chi connectivity index (χ3v) is 2.80. The minimum atomic E-state index is -1.13. The maximum atomic E-state index is 11.9. The van der Waals surface area contributed by atoms with Gasteiger partial charge in [-0.05, 0) is 20.8 Å². The van der Waals surface area contributed by atoms with Crippen molar-refractivity contribution in [1.82, 2.24) is 10.3 Å². The predicted molar refractivity (Wildman–Crippen MR) is 69.4 cm³/mol. The lowest BCUT2D eigenvalue weighted by Gasteiger charge is -2.19. The Kier molecular flexibility index (Phi) is 4.38. The van der Waals surface area contributed by atoms with Crippen LogP contribution in [0.15, 0.2) is 12.3 Å². The Morgan fingerprint density at radius 3 is 2.60 bits per heavy atom. The molecule has 8 nitrogen and oxygen atoms in total. The molecule has 0 aliphatic carbocycles. The number of aromatic nitrogens is 1. The molecule has 0 spiro atoms. The average Bonchev–Trinajstić information content (AvgIpc) is 2.36. The number of hydrogen-bond acceptors (Lipinski definition) is 5. The predicted octanol–water partition coefficient (Wildman–Crippen LogP) is 1.14. The van der Waals surface area contributed by atoms with Gasteiger partial charge in [0.25, 0.3) is 11.6 Å². The number of nitrogens with one attached hydrogen (secondary N) is 1. The highest BCUT2D eigenvalue weighted by atomic mass is 16.6. The van der Waals surface area contributed by atoms with Crippen LogP contribution in [0.5, 0.6) is 0 Å². The number of amides is 1. The molecule has 2 N–H and O–H groups in total. The lowest BCUT2D eigenvalue weighted by atomic mass is 9.94. The molecule has 0 saturated carbocycles. The van der Waals surface area contributed by atoms with E-state index in [4.69, 9.17) is 5.11 Å². The van der Waals surface area contributed by atoms with Crippen molar-refractivity contribution in [3.05, 3.63) is 33.6 Å². The fourth-order valence-electron chi connectivity index (χ4n) is 1.32. The van der Waals surface area contributed by atoms with Crippen molar-refractivity contribution in [3.63, 3.8) is 0 Å². The third-order valence-electron chi connectivity index (χ3n) is 2.80. The van der Waals surface area contributed by atoms with Crippen molar-refractivity contribution < 1.29 is 19.6 Å². The van der Waals surface area contributed by atoms with Gasteiger partial charge in [-0.15, -0.1) is 0 Å². The second-order valence-electron chi connectivity index (χ2n) is 4.96. The summed E-state index contributed by atoms with van der Waals surface area (Å²) in [4.78, 5) is 36.7. The highest BCUT2D eigenvalue weighted by Crippen LogP contribution is 2.16. The zero-order valence-corrected chi connectivity index (χ0v) is 11.3. The molecular formula is C12H15N3O5. The molecule has 0 atom stereocenters. The summed E-state index contributed by atoms with van der Waals surface area (Å²) in [6.45, 7) is 4.38. The summed E-state index contributed by atoms with van der Waals surface area (Å²) >= 11 is 0. The number of aryl methyl sites for hydroxylation is 1. The molecule has 108 valence electrons. The highest BCUT2D eigenvalue weighted by molar-refractivity contribution is 5.96. The number of hydrogen-bond donors (Lipinski definition) is 2. The summed E-state index contributed by atoms with van der Waals surface area (Å²) < 4.78 is 0. The van der Waals surface area contributed by atoms with Gasteiger partial charge in [0.05, 0.1) is 21.6 Å². The lowest BCUT2D eigenvalue weighted by Crippen LogP contribution is -2.39. The van der Waals surface area contributed by atoms with Crippen molar-refractivity contribution in [2.75, 3.05) is 6.54 Å². The molecule has 0 aliphatic heterocycles. The van der Waals surface area contributed by atoms with E-state index in [0.717, 1.165) is 12.3 Å². The molecule has 0 fully saturated rings. The summed E-state index contributed by atoms with van der Waals surface area (Å²) in [7, 11) is 0. The molecule has 1 rings (SSSR count). The summed E-state index contributed by atoms with van der Waals surface area (Å²) in [6.07, 6.45) is 1.06. The van der Waals surface area contributed by atoms with Gasteiger partial charge in [0.15, 0.2) is 0 Å². The molecule has 1 amide bonds. The van der Waals surface area contributed by atoms with Crippen LogP contribution < -0.4 is 5.32 Å². The second kappa shape index (κ2) is 5.64. The quantitative estimate of drug-likeness (QED) is 0.616. The minimum absolute atomic E-state index is 0.0559. The molecule has 0 unspecified atom stereocenters. The van der Waals surface area contributed by atoms with E-state index in [0.29, 0.717) is 5.69 Å². The van der Waals surface area contributed by atoms with Gasteiger partial charge in [0, 0.05) is 12.6 Å². The molecule has 0 saturated heterocycles. The highest BCUT2D eigenvalue weighted by Gasteiger charge is 2.28. The maximum Gasteiger partial charge on any atom is 0.310 e. The summed E-state index contributed by atoms with van der Waals surface area (Å²) in [5.74, 6) is -1.64. The minimum Gasteiger partial charge on any atom is -0.481 e. The van der Waals surface area contributed by atoms with Gasteiger partial charge in [-0.3, -0.25) is 24.7 Å². The van der Waals surface area contributed by atoms with Crippen molar-refractivity contribution in [3.8, 4) is 0 Å². The second-order valence-corrected chi connectivity index (χ2v) is 4.96. The molecule has 1 aromatic heterocycles. The molecule has 8 heteroatoms. The molecule has 20 heavy (non-hydrogen) atoms. The smallest absolute Gasteiger partial charge is 0.310 e. The fraction of sp³-hybridized carbons (Fsp3) is 0.417. The molecule has 1 heterocycles. The van der Waals surface area contributed by atoms with E-state index >= 15 is 0 Å². The largest absolute Gasteiger partial charge is 0.481 e. The van der Waals surface area contributed by atoms with Crippen LogP contribution in [-0.4, -0.2) is 33.4 Å². The summed E-state index contributed by atoms with van der Waals surface area (Å²) in [5.41, 5.74) is -1.03. The zero-order valence-electron chi connectivity index (χ0n) is 11.3. The Bertz CT molecular complexity index is 568. The van der Waals surface area contributed by atoms with Crippen LogP contribution in [0.25, 0.3) is 0 Å². The number of nitrogens with zero attached hydrogens (tertiary/aromatic N) is 2. The van der Waals surface area contributed by atoms with Gasteiger partial charge < -0.3 is 10.4 Å². The van der Waals surface area contributed by atoms with Gasteiger partial charge in [0.1, 0.15) is 6.20 Å². The Morgan fingerprint density at radius 1 is 1.50 bits per heavy atom. The van der Waals surface area contributed by atoms with E-state index < -0.39 is 22.2 Å². The van der Waals surface area contributed by atoms with Crippen molar-refractivity contribution >= 4 is 17.6 Å². The van der Waals surface area contributed by atoms with Crippen LogP contribution in [0.3, 0.4) is 0 Å². The van der Waals surface area contributed by atoms with Crippen LogP contribution in [0.2, 0.25) is 0 Å². The van der Waals surface area contributed by atoms with Crippen molar-refractivity contribution in [2.45, 2.75) is 20.8 Å². The van der Waals surface area contributed by atoms with Crippen molar-refractivity contribution in [2.24, 2.45) is 5.41 Å². The number of carboxylic acid groups (broad SMARTS) is 1. The third kappa shape index (κ3) is 3.50. The first kappa shape index (κ1) is 15.5. The molecule has 0 bridgehead atoms. The van der Waals surface area contributed by atoms with Crippen LogP contribution >= 0.6 is 0 Å². The van der Waals surface area contributed by atoms with Crippen LogP contribution in [0.1, 0.15) is 29.9 Å². The van der Waals surface area contributed by atoms with E-state index in [9.17, 15) is 19.7 Å². The molecule has 0 radical (unpaired) electrons. The first-order valence-corrected chi connectivity index (χ1v) is 5.78. The number of nitro groups is 1. The van der Waals surface area contributed by atoms with Gasteiger partial charge in [-0.25, -0.2) is 0 Å². The van der Waals surface area contributed by atoms with Crippen LogP contribution in [0, 0.1) is 22.5 Å². The van der Waals surface area contributed by atoms with E-state index in [1.54, 1.807) is 6.92 Å². The van der Waals surface area contributed by atoms with Crippen LogP contribution in [-0.2, 0) is 4.79 Å². The van der Waals surface area contributed by atoms with E-state index in [1.807, 2.05) is 0 Å². The first-order valence-electron chi connectivity index (χ1n) is 5.78. The zero-order chi connectivity index (χ0) is 15.5. The summed E-state index contributed by atoms with van der Waals surface area (Å²) in [5, 5.41) is 22.0. The number of carbonyl (C=O) groups excluding carboxylic acids is 1. The van der Waals surface area contributed by atoms with Gasteiger partial charge in [-0.2, -0.15) is 0 Å². The monoisotopic (exact) mass is 281 g/mol. The topological polar surface area (TPSA) is 122 Å². The Morgan fingerprint density at radius 2 is 2.10 bits per heavy atom. The van der Waals surface area contributed by atoms with Gasteiger partial charge in [-0.1, -0.05) is 0 Å².